The molecule has 1 heterocycles. The summed E-state index contributed by atoms with van der Waals surface area (Å²) >= 11 is 0. The van der Waals surface area contributed by atoms with Gasteiger partial charge in [-0.1, -0.05) is 6.07 Å². The summed E-state index contributed by atoms with van der Waals surface area (Å²) in [6.45, 7) is 12.1. The van der Waals surface area contributed by atoms with E-state index in [-0.39, 0.29) is 12.4 Å². The van der Waals surface area contributed by atoms with Gasteiger partial charge in [0, 0.05) is 12.3 Å². The maximum Gasteiger partial charge on any atom is 0.227 e. The molecule has 0 N–H and O–H groups in total. The fraction of sp³-hybridized carbons (Fsp3) is 0.583. The summed E-state index contributed by atoms with van der Waals surface area (Å²) in [6.07, 6.45) is 1.96. The van der Waals surface area contributed by atoms with Crippen LogP contribution in [0.15, 0.2) is 18.3 Å². The highest BCUT2D eigenvalue weighted by atomic mass is 35.5. The molecule has 3 heteroatoms. The monoisotopic (exact) mass is 228 g/mol. The molecule has 0 aliphatic carbocycles. The standard InChI is InChI=1S/C12H21N2.ClH/c1-5-14(6-2,7-3)12-9-8-11(4)10-13-12;/h8-10H,5-7H2,1-4H3;1H/q+1;/p-1. The number of hydrogen-bond donors (Lipinski definition) is 0. The second-order valence-electron chi connectivity index (χ2n) is 3.79. The van der Waals surface area contributed by atoms with Crippen LogP contribution in [-0.4, -0.2) is 24.6 Å². The van der Waals surface area contributed by atoms with Gasteiger partial charge in [0.15, 0.2) is 0 Å². The third-order valence-corrected chi connectivity index (χ3v) is 3.20. The van der Waals surface area contributed by atoms with Crippen LogP contribution in [0.25, 0.3) is 0 Å². The van der Waals surface area contributed by atoms with Crippen molar-refractivity contribution in [3.05, 3.63) is 23.9 Å². The number of quaternary nitrogens is 1. The van der Waals surface area contributed by atoms with Crippen LogP contribution in [0.2, 0.25) is 0 Å². The molecule has 0 fully saturated rings. The average Bonchev–Trinajstić information content (AvgIpc) is 2.24. The minimum atomic E-state index is 0. The topological polar surface area (TPSA) is 12.9 Å². The number of rotatable bonds is 4. The molecule has 1 rings (SSSR count). The summed E-state index contributed by atoms with van der Waals surface area (Å²) in [5.41, 5.74) is 1.23. The summed E-state index contributed by atoms with van der Waals surface area (Å²) in [5, 5.41) is 0. The molecule has 0 bridgehead atoms. The van der Waals surface area contributed by atoms with Crippen LogP contribution in [0.3, 0.4) is 0 Å². The van der Waals surface area contributed by atoms with Crippen molar-refractivity contribution < 1.29 is 12.4 Å². The van der Waals surface area contributed by atoms with Gasteiger partial charge in [-0.05, 0) is 33.3 Å². The van der Waals surface area contributed by atoms with Gasteiger partial charge in [0.1, 0.15) is 0 Å². The molecule has 86 valence electrons. The van der Waals surface area contributed by atoms with Gasteiger partial charge < -0.3 is 12.4 Å². The lowest BCUT2D eigenvalue weighted by atomic mass is 10.2. The molecule has 0 aromatic carbocycles. The Labute approximate surface area is 99.3 Å². The fourth-order valence-electron chi connectivity index (χ4n) is 1.90. The predicted molar refractivity (Wildman–Crippen MR) is 62.4 cm³/mol. The first-order chi connectivity index (χ1) is 6.68. The molecule has 2 nitrogen and oxygen atoms in total. The van der Waals surface area contributed by atoms with Crippen LogP contribution < -0.4 is 16.9 Å². The molecule has 0 saturated heterocycles. The second-order valence-corrected chi connectivity index (χ2v) is 3.79. The molecule has 0 radical (unpaired) electrons. The minimum absolute atomic E-state index is 0. The van der Waals surface area contributed by atoms with Gasteiger partial charge in [-0.3, -0.25) is 4.48 Å². The van der Waals surface area contributed by atoms with Crippen molar-refractivity contribution in [2.24, 2.45) is 0 Å². The quantitative estimate of drug-likeness (QED) is 0.649. The van der Waals surface area contributed by atoms with Crippen molar-refractivity contribution in [2.75, 3.05) is 19.6 Å². The Kier molecular flexibility index (Phi) is 5.84. The molecule has 0 unspecified atom stereocenters. The molecule has 0 spiro atoms. The summed E-state index contributed by atoms with van der Waals surface area (Å²) < 4.78 is 0.986. The maximum atomic E-state index is 4.54. The molecule has 1 aromatic rings. The zero-order valence-electron chi connectivity index (χ0n) is 10.1. The van der Waals surface area contributed by atoms with Crippen LogP contribution >= 0.6 is 0 Å². The van der Waals surface area contributed by atoms with Crippen LogP contribution in [0.1, 0.15) is 26.3 Å². The van der Waals surface area contributed by atoms with Crippen molar-refractivity contribution in [3.8, 4) is 0 Å². The highest BCUT2D eigenvalue weighted by molar-refractivity contribution is 5.35. The van der Waals surface area contributed by atoms with E-state index < -0.39 is 0 Å². The van der Waals surface area contributed by atoms with E-state index in [1.54, 1.807) is 0 Å². The second kappa shape index (κ2) is 6.09. The number of nitrogens with zero attached hydrogens (tertiary/aromatic N) is 2. The average molecular weight is 229 g/mol. The van der Waals surface area contributed by atoms with Gasteiger partial charge in [-0.25, -0.2) is 4.98 Å². The summed E-state index contributed by atoms with van der Waals surface area (Å²) in [6, 6.07) is 4.31. The SMILES string of the molecule is CC[N+](CC)(CC)c1ccc(C)cn1.[Cl-]. The first-order valence-corrected chi connectivity index (χ1v) is 5.47. The molecular formula is C12H21ClN2. The van der Waals surface area contributed by atoms with E-state index in [1.807, 2.05) is 6.20 Å². The Morgan fingerprint density at radius 2 is 1.60 bits per heavy atom. The van der Waals surface area contributed by atoms with Crippen molar-refractivity contribution in [3.63, 3.8) is 0 Å². The van der Waals surface area contributed by atoms with Gasteiger partial charge in [-0.2, -0.15) is 0 Å². The summed E-state index contributed by atoms with van der Waals surface area (Å²) in [5.74, 6) is 1.20. The molecule has 0 aliphatic rings. The maximum absolute atomic E-state index is 4.54. The van der Waals surface area contributed by atoms with Crippen LogP contribution in [0, 0.1) is 6.92 Å². The lowest BCUT2D eigenvalue weighted by Crippen LogP contribution is -3.00. The van der Waals surface area contributed by atoms with Crippen LogP contribution in [-0.2, 0) is 0 Å². The lowest BCUT2D eigenvalue weighted by molar-refractivity contribution is -0.00000322. The van der Waals surface area contributed by atoms with E-state index in [0.717, 1.165) is 24.1 Å². The first kappa shape index (κ1) is 14.4. The fourth-order valence-corrected chi connectivity index (χ4v) is 1.90. The molecule has 0 amide bonds. The van der Waals surface area contributed by atoms with Gasteiger partial charge in [0.2, 0.25) is 5.82 Å². The Bertz CT molecular complexity index is 270. The highest BCUT2D eigenvalue weighted by Gasteiger charge is 2.25. The number of hydrogen-bond acceptors (Lipinski definition) is 1. The normalized spacial score (nSPS) is 10.9. The minimum Gasteiger partial charge on any atom is -1.00 e. The van der Waals surface area contributed by atoms with E-state index in [9.17, 15) is 0 Å². The van der Waals surface area contributed by atoms with E-state index in [4.69, 9.17) is 0 Å². The third kappa shape index (κ3) is 2.93. The molecule has 15 heavy (non-hydrogen) atoms. The Morgan fingerprint density at radius 1 is 1.07 bits per heavy atom. The van der Waals surface area contributed by atoms with Crippen molar-refractivity contribution in [2.45, 2.75) is 27.7 Å². The smallest absolute Gasteiger partial charge is 0.227 e. The number of pyridine rings is 1. The Hall–Kier alpha value is -0.600. The molecule has 0 aliphatic heterocycles. The summed E-state index contributed by atoms with van der Waals surface area (Å²) in [4.78, 5) is 4.54. The zero-order chi connectivity index (χ0) is 10.6. The summed E-state index contributed by atoms with van der Waals surface area (Å²) in [7, 11) is 0. The van der Waals surface area contributed by atoms with Crippen molar-refractivity contribution >= 4 is 5.82 Å². The number of halogens is 1. The van der Waals surface area contributed by atoms with Crippen molar-refractivity contribution in [1.82, 2.24) is 9.47 Å². The van der Waals surface area contributed by atoms with Crippen LogP contribution in [0.4, 0.5) is 5.82 Å². The molecule has 1 aromatic heterocycles. The third-order valence-electron chi connectivity index (χ3n) is 3.20. The van der Waals surface area contributed by atoms with Gasteiger partial charge >= 0.3 is 0 Å². The largest absolute Gasteiger partial charge is 1.00 e. The number of aryl methyl sites for hydroxylation is 1. The van der Waals surface area contributed by atoms with Crippen LogP contribution in [0.5, 0.6) is 0 Å². The van der Waals surface area contributed by atoms with E-state index in [2.05, 4.69) is 44.8 Å². The Morgan fingerprint density at radius 3 is 1.93 bits per heavy atom. The van der Waals surface area contributed by atoms with Gasteiger partial charge in [0.05, 0.1) is 19.6 Å². The van der Waals surface area contributed by atoms with E-state index in [0.29, 0.717) is 0 Å². The van der Waals surface area contributed by atoms with Crippen molar-refractivity contribution in [1.29, 1.82) is 0 Å². The lowest BCUT2D eigenvalue weighted by Gasteiger charge is -2.33. The molecule has 0 saturated carbocycles. The highest BCUT2D eigenvalue weighted by Crippen LogP contribution is 2.19. The van der Waals surface area contributed by atoms with Gasteiger partial charge in [-0.15, -0.1) is 0 Å². The first-order valence-electron chi connectivity index (χ1n) is 5.47. The van der Waals surface area contributed by atoms with E-state index in [1.165, 1.54) is 11.4 Å². The predicted octanol–water partition coefficient (Wildman–Crippen LogP) is -0.239. The molecule has 0 atom stereocenters. The molecular weight excluding hydrogens is 208 g/mol. The zero-order valence-corrected chi connectivity index (χ0v) is 10.9. The van der Waals surface area contributed by atoms with E-state index >= 15 is 0 Å². The van der Waals surface area contributed by atoms with Gasteiger partial charge in [0.25, 0.3) is 0 Å². The number of aromatic nitrogens is 1. The Balaban J connectivity index is 0.00000196.